The molecule has 0 heterocycles. The van der Waals surface area contributed by atoms with E-state index in [4.69, 9.17) is 9.47 Å². The highest BCUT2D eigenvalue weighted by Gasteiger charge is 2.13. The normalized spacial score (nSPS) is 12.0. The van der Waals surface area contributed by atoms with Gasteiger partial charge in [0.2, 0.25) is 0 Å². The summed E-state index contributed by atoms with van der Waals surface area (Å²) in [6.45, 7) is 5.53. The van der Waals surface area contributed by atoms with Crippen LogP contribution in [0.2, 0.25) is 0 Å². The number of rotatable bonds is 31. The summed E-state index contributed by atoms with van der Waals surface area (Å²) in [6.07, 6.45) is 32.2. The van der Waals surface area contributed by atoms with Gasteiger partial charge in [0.1, 0.15) is 0 Å². The van der Waals surface area contributed by atoms with E-state index < -0.39 is 0 Å². The van der Waals surface area contributed by atoms with Crippen molar-refractivity contribution in [3.05, 3.63) is 0 Å². The van der Waals surface area contributed by atoms with Gasteiger partial charge < -0.3 is 9.47 Å². The molecule has 0 radical (unpaired) electrons. The Labute approximate surface area is 248 Å². The lowest BCUT2D eigenvalue weighted by Crippen LogP contribution is -2.14. The molecule has 0 aromatic carbocycles. The van der Waals surface area contributed by atoms with Crippen LogP contribution in [0.25, 0.3) is 0 Å². The van der Waals surface area contributed by atoms with E-state index in [1.54, 1.807) is 0 Å². The number of thiol groups is 1. The minimum Gasteiger partial charge on any atom is -0.466 e. The number of hydrogen-bond acceptors (Lipinski definition) is 5. The second-order valence-electron chi connectivity index (χ2n) is 11.6. The van der Waals surface area contributed by atoms with Gasteiger partial charge in [0.15, 0.2) is 0 Å². The summed E-state index contributed by atoms with van der Waals surface area (Å²) in [7, 11) is 0. The van der Waals surface area contributed by atoms with Crippen LogP contribution in [0, 0.1) is 0 Å². The van der Waals surface area contributed by atoms with E-state index in [9.17, 15) is 9.59 Å². The predicted molar refractivity (Wildman–Crippen MR) is 171 cm³/mol. The van der Waals surface area contributed by atoms with Gasteiger partial charge in [-0.05, 0) is 19.3 Å². The van der Waals surface area contributed by atoms with Crippen molar-refractivity contribution in [2.75, 3.05) is 13.2 Å². The molecule has 0 saturated heterocycles. The van der Waals surface area contributed by atoms with E-state index in [0.717, 1.165) is 25.7 Å². The third kappa shape index (κ3) is 31.7. The van der Waals surface area contributed by atoms with Crippen molar-refractivity contribution in [2.24, 2.45) is 0 Å². The van der Waals surface area contributed by atoms with E-state index in [2.05, 4.69) is 26.5 Å². The van der Waals surface area contributed by atoms with E-state index in [1.807, 2.05) is 0 Å². The Kier molecular flexibility index (Phi) is 31.2. The minimum atomic E-state index is -0.206. The smallest absolute Gasteiger partial charge is 0.306 e. The summed E-state index contributed by atoms with van der Waals surface area (Å²) in [4.78, 5) is 24.0. The van der Waals surface area contributed by atoms with E-state index >= 15 is 0 Å². The standard InChI is InChI=1S/C34H66O4S/c1-3-5-7-9-11-13-15-17-19-21-23-25-29-37-33(35)28-27-32(39)31-34(36)38-30-26-24-22-20-18-16-14-12-10-8-6-4-2/h32,39H,3-31H2,1-2H3. The number of carbonyl (C=O) groups excluding carboxylic acids is 2. The largest absolute Gasteiger partial charge is 0.466 e. The van der Waals surface area contributed by atoms with Gasteiger partial charge >= 0.3 is 11.9 Å². The molecule has 0 bridgehead atoms. The Hall–Kier alpha value is -0.710. The number of esters is 2. The maximum absolute atomic E-state index is 12.0. The van der Waals surface area contributed by atoms with Crippen molar-refractivity contribution in [1.29, 1.82) is 0 Å². The molecular weight excluding hydrogens is 504 g/mol. The van der Waals surface area contributed by atoms with Gasteiger partial charge in [-0.25, -0.2) is 0 Å². The molecule has 0 aromatic rings. The maximum atomic E-state index is 12.0. The highest BCUT2D eigenvalue weighted by atomic mass is 32.1. The van der Waals surface area contributed by atoms with E-state index in [-0.39, 0.29) is 23.6 Å². The molecule has 0 aliphatic carbocycles. The van der Waals surface area contributed by atoms with Crippen molar-refractivity contribution < 1.29 is 19.1 Å². The number of carbonyl (C=O) groups is 2. The van der Waals surface area contributed by atoms with Gasteiger partial charge in [-0.15, -0.1) is 0 Å². The Balaban J connectivity index is 3.40. The van der Waals surface area contributed by atoms with Gasteiger partial charge in [0, 0.05) is 11.7 Å². The molecule has 39 heavy (non-hydrogen) atoms. The van der Waals surface area contributed by atoms with Crippen LogP contribution in [-0.2, 0) is 19.1 Å². The molecular formula is C34H66O4S. The first kappa shape index (κ1) is 38.3. The average Bonchev–Trinajstić information content (AvgIpc) is 2.92. The summed E-state index contributed by atoms with van der Waals surface area (Å²) in [5.74, 6) is -0.384. The first-order valence-electron chi connectivity index (χ1n) is 17.1. The fourth-order valence-corrected chi connectivity index (χ4v) is 5.25. The topological polar surface area (TPSA) is 52.6 Å². The van der Waals surface area contributed by atoms with Gasteiger partial charge in [0.25, 0.3) is 0 Å². The van der Waals surface area contributed by atoms with Crippen LogP contribution in [0.5, 0.6) is 0 Å². The number of ether oxygens (including phenoxy) is 2. The first-order valence-corrected chi connectivity index (χ1v) is 17.6. The fourth-order valence-electron chi connectivity index (χ4n) is 4.97. The van der Waals surface area contributed by atoms with E-state index in [1.165, 1.54) is 128 Å². The molecule has 0 rings (SSSR count). The van der Waals surface area contributed by atoms with Gasteiger partial charge in [-0.3, -0.25) is 9.59 Å². The van der Waals surface area contributed by atoms with E-state index in [0.29, 0.717) is 26.1 Å². The van der Waals surface area contributed by atoms with Crippen molar-refractivity contribution in [3.8, 4) is 0 Å². The van der Waals surface area contributed by atoms with Crippen LogP contribution < -0.4 is 0 Å². The van der Waals surface area contributed by atoms with Crippen molar-refractivity contribution in [1.82, 2.24) is 0 Å². The lowest BCUT2D eigenvalue weighted by atomic mass is 10.1. The van der Waals surface area contributed by atoms with Crippen LogP contribution in [0.4, 0.5) is 0 Å². The lowest BCUT2D eigenvalue weighted by molar-refractivity contribution is -0.145. The van der Waals surface area contributed by atoms with Gasteiger partial charge in [-0.1, -0.05) is 155 Å². The SMILES string of the molecule is CCCCCCCCCCCCCCOC(=O)CCC(S)CC(=O)OCCCCCCCCCCCCCC. The molecule has 1 unspecified atom stereocenters. The summed E-state index contributed by atoms with van der Waals surface area (Å²) in [6, 6.07) is 0. The predicted octanol–water partition coefficient (Wildman–Crippen LogP) is 10.9. The Morgan fingerprint density at radius 3 is 1.15 bits per heavy atom. The second kappa shape index (κ2) is 31.8. The maximum Gasteiger partial charge on any atom is 0.306 e. The van der Waals surface area contributed by atoms with Gasteiger partial charge in [0.05, 0.1) is 19.6 Å². The molecule has 0 fully saturated rings. The van der Waals surface area contributed by atoms with Crippen LogP contribution in [0.3, 0.4) is 0 Å². The zero-order chi connectivity index (χ0) is 28.7. The second-order valence-corrected chi connectivity index (χ2v) is 12.3. The highest BCUT2D eigenvalue weighted by Crippen LogP contribution is 2.15. The molecule has 0 aliphatic rings. The molecule has 0 spiro atoms. The quantitative estimate of drug-likeness (QED) is 0.0511. The zero-order valence-electron chi connectivity index (χ0n) is 26.2. The fraction of sp³-hybridized carbons (Fsp3) is 0.941. The lowest BCUT2D eigenvalue weighted by Gasteiger charge is -2.11. The molecule has 4 nitrogen and oxygen atoms in total. The molecule has 1 atom stereocenters. The summed E-state index contributed by atoms with van der Waals surface area (Å²) in [5.41, 5.74) is 0. The molecule has 232 valence electrons. The summed E-state index contributed by atoms with van der Waals surface area (Å²) in [5, 5.41) is -0.154. The van der Waals surface area contributed by atoms with Crippen LogP contribution >= 0.6 is 12.6 Å². The number of unbranched alkanes of at least 4 members (excludes halogenated alkanes) is 22. The van der Waals surface area contributed by atoms with Crippen molar-refractivity contribution >= 4 is 24.6 Å². The zero-order valence-corrected chi connectivity index (χ0v) is 27.1. The Morgan fingerprint density at radius 2 is 0.795 bits per heavy atom. The molecule has 5 heteroatoms. The Bertz CT molecular complexity index is 525. The third-order valence-electron chi connectivity index (χ3n) is 7.61. The van der Waals surface area contributed by atoms with Crippen LogP contribution in [0.1, 0.15) is 187 Å². The Morgan fingerprint density at radius 1 is 0.487 bits per heavy atom. The minimum absolute atomic E-state index is 0.154. The molecule has 0 aromatic heterocycles. The molecule has 0 saturated carbocycles. The summed E-state index contributed by atoms with van der Waals surface area (Å²) < 4.78 is 10.7. The summed E-state index contributed by atoms with van der Waals surface area (Å²) >= 11 is 4.47. The van der Waals surface area contributed by atoms with Crippen LogP contribution in [-0.4, -0.2) is 30.4 Å². The van der Waals surface area contributed by atoms with Crippen molar-refractivity contribution in [3.63, 3.8) is 0 Å². The average molecular weight is 571 g/mol. The van der Waals surface area contributed by atoms with Crippen molar-refractivity contribution in [2.45, 2.75) is 192 Å². The molecule has 0 aliphatic heterocycles. The highest BCUT2D eigenvalue weighted by molar-refractivity contribution is 7.81. The third-order valence-corrected chi connectivity index (χ3v) is 8.05. The van der Waals surface area contributed by atoms with Crippen LogP contribution in [0.15, 0.2) is 0 Å². The monoisotopic (exact) mass is 570 g/mol. The molecule has 0 amide bonds. The molecule has 0 N–H and O–H groups in total. The first-order chi connectivity index (χ1) is 19.1. The van der Waals surface area contributed by atoms with Gasteiger partial charge in [-0.2, -0.15) is 12.6 Å². The number of hydrogen-bond donors (Lipinski definition) is 1.